The fourth-order valence-corrected chi connectivity index (χ4v) is 2.42. The lowest BCUT2D eigenvalue weighted by atomic mass is 10.0. The first-order chi connectivity index (χ1) is 9.82. The van der Waals surface area contributed by atoms with Gasteiger partial charge in [0.15, 0.2) is 0 Å². The molecule has 0 bridgehead atoms. The second kappa shape index (κ2) is 8.11. The van der Waals surface area contributed by atoms with Gasteiger partial charge in [0.1, 0.15) is 11.5 Å². The normalized spacial score (nSPS) is 12.1. The predicted octanol–water partition coefficient (Wildman–Crippen LogP) is 5.47. The van der Waals surface area contributed by atoms with Crippen LogP contribution >= 0.6 is 0 Å². The largest absolute Gasteiger partial charge is 0.508 e. The number of aromatic hydroxyl groups is 1. The van der Waals surface area contributed by atoms with Gasteiger partial charge in [0.25, 0.3) is 0 Å². The van der Waals surface area contributed by atoms with Crippen molar-refractivity contribution in [2.75, 3.05) is 6.61 Å². The highest BCUT2D eigenvalue weighted by Gasteiger charge is 2.11. The topological polar surface area (TPSA) is 29.5 Å². The number of allylic oxidation sites excluding steroid dienone is 2. The summed E-state index contributed by atoms with van der Waals surface area (Å²) in [7, 11) is 0. The van der Waals surface area contributed by atoms with E-state index in [0.29, 0.717) is 11.7 Å². The molecule has 0 aliphatic carbocycles. The molecular weight excluding hydrogens is 260 g/mol. The number of phenols is 1. The number of aryl methyl sites for hydroxylation is 1. The van der Waals surface area contributed by atoms with Gasteiger partial charge >= 0.3 is 0 Å². The van der Waals surface area contributed by atoms with Crippen molar-refractivity contribution in [1.82, 2.24) is 0 Å². The second-order valence-electron chi connectivity index (χ2n) is 6.39. The molecule has 1 aromatic rings. The average molecular weight is 290 g/mol. The zero-order valence-corrected chi connectivity index (χ0v) is 14.4. The fraction of sp³-hybridized carbons (Fsp3) is 0.579. The van der Waals surface area contributed by atoms with Crippen molar-refractivity contribution in [1.29, 1.82) is 0 Å². The van der Waals surface area contributed by atoms with E-state index in [-0.39, 0.29) is 0 Å². The minimum absolute atomic E-state index is 0.354. The standard InChI is InChI=1S/C19H30O2/c1-13(2)8-7-9-14(3)10-11-21-19-15(4)12-18(20)16(5)17(19)6/h8,12,14,20H,7,9-11H2,1-6H3. The van der Waals surface area contributed by atoms with E-state index >= 15 is 0 Å². The first-order valence-corrected chi connectivity index (χ1v) is 7.88. The molecule has 0 aliphatic heterocycles. The molecule has 2 nitrogen and oxygen atoms in total. The Kier molecular flexibility index (Phi) is 6.80. The van der Waals surface area contributed by atoms with Crippen LogP contribution < -0.4 is 4.74 Å². The minimum Gasteiger partial charge on any atom is -0.508 e. The molecule has 0 aliphatic rings. The lowest BCUT2D eigenvalue weighted by Crippen LogP contribution is -2.06. The third kappa shape index (κ3) is 5.45. The molecule has 1 atom stereocenters. The summed E-state index contributed by atoms with van der Waals surface area (Å²) >= 11 is 0. The van der Waals surface area contributed by atoms with Gasteiger partial charge in [-0.2, -0.15) is 0 Å². The molecule has 0 fully saturated rings. The van der Waals surface area contributed by atoms with Gasteiger partial charge in [-0.15, -0.1) is 0 Å². The van der Waals surface area contributed by atoms with Crippen molar-refractivity contribution in [2.45, 2.75) is 60.8 Å². The third-order valence-electron chi connectivity index (χ3n) is 4.07. The summed E-state index contributed by atoms with van der Waals surface area (Å²) in [4.78, 5) is 0. The Labute approximate surface area is 129 Å². The third-order valence-corrected chi connectivity index (χ3v) is 4.07. The number of ether oxygens (including phenoxy) is 1. The molecule has 1 aromatic carbocycles. The van der Waals surface area contributed by atoms with Crippen molar-refractivity contribution in [3.05, 3.63) is 34.4 Å². The summed E-state index contributed by atoms with van der Waals surface area (Å²) in [5, 5.41) is 9.80. The van der Waals surface area contributed by atoms with Gasteiger partial charge < -0.3 is 9.84 Å². The lowest BCUT2D eigenvalue weighted by molar-refractivity contribution is 0.276. The van der Waals surface area contributed by atoms with Crippen LogP contribution in [0.5, 0.6) is 11.5 Å². The van der Waals surface area contributed by atoms with Gasteiger partial charge in [0.05, 0.1) is 6.61 Å². The Balaban J connectivity index is 2.50. The summed E-state index contributed by atoms with van der Waals surface area (Å²) in [6.45, 7) is 13.2. The van der Waals surface area contributed by atoms with E-state index in [1.54, 1.807) is 6.07 Å². The molecule has 1 unspecified atom stereocenters. The number of benzene rings is 1. The Morgan fingerprint density at radius 3 is 2.48 bits per heavy atom. The molecule has 0 aromatic heterocycles. The molecule has 118 valence electrons. The molecule has 0 radical (unpaired) electrons. The summed E-state index contributed by atoms with van der Waals surface area (Å²) in [6.07, 6.45) is 5.73. The molecule has 2 heteroatoms. The monoisotopic (exact) mass is 290 g/mol. The van der Waals surface area contributed by atoms with Crippen molar-refractivity contribution in [3.63, 3.8) is 0 Å². The Morgan fingerprint density at radius 2 is 1.86 bits per heavy atom. The molecule has 1 N–H and O–H groups in total. The number of phenolic OH excluding ortho intramolecular Hbond substituents is 1. The highest BCUT2D eigenvalue weighted by atomic mass is 16.5. The van der Waals surface area contributed by atoms with E-state index in [1.807, 2.05) is 20.8 Å². The average Bonchev–Trinajstić information content (AvgIpc) is 2.39. The minimum atomic E-state index is 0.354. The van der Waals surface area contributed by atoms with Gasteiger partial charge in [0.2, 0.25) is 0 Å². The van der Waals surface area contributed by atoms with Gasteiger partial charge in [0, 0.05) is 0 Å². The maximum absolute atomic E-state index is 9.80. The summed E-state index contributed by atoms with van der Waals surface area (Å²) in [5.41, 5.74) is 4.36. The van der Waals surface area contributed by atoms with E-state index < -0.39 is 0 Å². The maximum Gasteiger partial charge on any atom is 0.125 e. The van der Waals surface area contributed by atoms with Crippen molar-refractivity contribution in [2.24, 2.45) is 5.92 Å². The van der Waals surface area contributed by atoms with Crippen LogP contribution in [0.15, 0.2) is 17.7 Å². The number of hydrogen-bond donors (Lipinski definition) is 1. The van der Waals surface area contributed by atoms with E-state index in [2.05, 4.69) is 26.8 Å². The molecule has 0 spiro atoms. The van der Waals surface area contributed by atoms with E-state index in [1.165, 1.54) is 12.0 Å². The van der Waals surface area contributed by atoms with E-state index in [4.69, 9.17) is 4.74 Å². The molecule has 0 saturated carbocycles. The van der Waals surface area contributed by atoms with Crippen LogP contribution in [0.2, 0.25) is 0 Å². The van der Waals surface area contributed by atoms with Gasteiger partial charge in [-0.3, -0.25) is 0 Å². The molecule has 0 amide bonds. The highest BCUT2D eigenvalue weighted by Crippen LogP contribution is 2.32. The Bertz CT molecular complexity index is 497. The van der Waals surface area contributed by atoms with E-state index in [0.717, 1.165) is 41.9 Å². The van der Waals surface area contributed by atoms with Gasteiger partial charge in [-0.25, -0.2) is 0 Å². The summed E-state index contributed by atoms with van der Waals surface area (Å²) < 4.78 is 5.97. The smallest absolute Gasteiger partial charge is 0.125 e. The molecule has 0 saturated heterocycles. The highest BCUT2D eigenvalue weighted by molar-refractivity contribution is 5.51. The number of rotatable bonds is 7. The molecule has 0 heterocycles. The van der Waals surface area contributed by atoms with Crippen molar-refractivity contribution < 1.29 is 9.84 Å². The van der Waals surface area contributed by atoms with Gasteiger partial charge in [-0.1, -0.05) is 18.6 Å². The Morgan fingerprint density at radius 1 is 1.19 bits per heavy atom. The van der Waals surface area contributed by atoms with E-state index in [9.17, 15) is 5.11 Å². The van der Waals surface area contributed by atoms with Crippen LogP contribution in [0.3, 0.4) is 0 Å². The molecule has 21 heavy (non-hydrogen) atoms. The second-order valence-corrected chi connectivity index (χ2v) is 6.39. The Hall–Kier alpha value is -1.44. The summed E-state index contributed by atoms with van der Waals surface area (Å²) in [6, 6.07) is 1.79. The summed E-state index contributed by atoms with van der Waals surface area (Å²) in [5.74, 6) is 1.95. The first kappa shape index (κ1) is 17.6. The van der Waals surface area contributed by atoms with Crippen LogP contribution in [0.4, 0.5) is 0 Å². The molecular formula is C19H30O2. The maximum atomic E-state index is 9.80. The van der Waals surface area contributed by atoms with Gasteiger partial charge in [-0.05, 0) is 82.6 Å². The van der Waals surface area contributed by atoms with Crippen LogP contribution in [-0.4, -0.2) is 11.7 Å². The lowest BCUT2D eigenvalue weighted by Gasteiger charge is -2.17. The number of hydrogen-bond acceptors (Lipinski definition) is 2. The van der Waals surface area contributed by atoms with Crippen molar-refractivity contribution >= 4 is 0 Å². The van der Waals surface area contributed by atoms with Crippen LogP contribution in [0.1, 0.15) is 56.7 Å². The first-order valence-electron chi connectivity index (χ1n) is 7.88. The van der Waals surface area contributed by atoms with Crippen LogP contribution in [-0.2, 0) is 0 Å². The molecule has 1 rings (SSSR count). The fourth-order valence-electron chi connectivity index (χ4n) is 2.42. The zero-order chi connectivity index (χ0) is 16.0. The van der Waals surface area contributed by atoms with Crippen LogP contribution in [0, 0.1) is 26.7 Å². The quantitative estimate of drug-likeness (QED) is 0.675. The van der Waals surface area contributed by atoms with Crippen molar-refractivity contribution in [3.8, 4) is 11.5 Å². The predicted molar refractivity (Wildman–Crippen MR) is 90.3 cm³/mol. The zero-order valence-electron chi connectivity index (χ0n) is 14.4. The van der Waals surface area contributed by atoms with Crippen LogP contribution in [0.25, 0.3) is 0 Å². The SMILES string of the molecule is CC(C)=CCCC(C)CCOc1c(C)cc(O)c(C)c1C.